The van der Waals surface area contributed by atoms with Crippen molar-refractivity contribution < 1.29 is 24.3 Å². The van der Waals surface area contributed by atoms with Crippen molar-refractivity contribution in [3.05, 3.63) is 54.2 Å². The van der Waals surface area contributed by atoms with Crippen LogP contribution in [0.1, 0.15) is 50.8 Å². The quantitative estimate of drug-likeness (QED) is 0.106. The number of hydrogen-bond donors (Lipinski definition) is 8. The minimum absolute atomic E-state index is 0.00631. The maximum absolute atomic E-state index is 13.5. The summed E-state index contributed by atoms with van der Waals surface area (Å²) in [5.41, 5.74) is 14.2. The number of hydrogen-bond acceptors (Lipinski definition) is 7. The summed E-state index contributed by atoms with van der Waals surface area (Å²) in [4.78, 5) is 61.7. The molecule has 13 heteroatoms. The highest BCUT2D eigenvalue weighted by molar-refractivity contribution is 5.94. The van der Waals surface area contributed by atoms with Gasteiger partial charge in [0.1, 0.15) is 18.1 Å². The zero-order valence-electron chi connectivity index (χ0n) is 24.1. The number of aliphatic carboxylic acids is 1. The summed E-state index contributed by atoms with van der Waals surface area (Å²) >= 11 is 0. The van der Waals surface area contributed by atoms with E-state index in [0.29, 0.717) is 25.1 Å². The highest BCUT2D eigenvalue weighted by Gasteiger charge is 2.31. The van der Waals surface area contributed by atoms with E-state index < -0.39 is 47.9 Å². The molecule has 4 unspecified atom stereocenters. The fourth-order valence-electron chi connectivity index (χ4n) is 4.73. The van der Waals surface area contributed by atoms with Crippen molar-refractivity contribution in [1.29, 1.82) is 0 Å². The van der Waals surface area contributed by atoms with Gasteiger partial charge in [0.05, 0.1) is 12.4 Å². The number of nitrogens with zero attached hydrogens (tertiary/aromatic N) is 1. The van der Waals surface area contributed by atoms with Crippen LogP contribution in [0.25, 0.3) is 10.9 Å². The van der Waals surface area contributed by atoms with Gasteiger partial charge in [-0.05, 0) is 56.2 Å². The monoisotopic (exact) mass is 582 g/mol. The molecule has 228 valence electrons. The first-order valence-electron chi connectivity index (χ1n) is 14.2. The van der Waals surface area contributed by atoms with Crippen molar-refractivity contribution in [2.75, 3.05) is 6.54 Å². The first-order chi connectivity index (χ1) is 20.1. The van der Waals surface area contributed by atoms with Gasteiger partial charge in [-0.3, -0.25) is 14.4 Å². The maximum Gasteiger partial charge on any atom is 0.326 e. The van der Waals surface area contributed by atoms with Crippen molar-refractivity contribution >= 4 is 34.6 Å². The minimum Gasteiger partial charge on any atom is -0.480 e. The molecule has 0 spiro atoms. The lowest BCUT2D eigenvalue weighted by Crippen LogP contribution is -2.58. The second-order valence-corrected chi connectivity index (χ2v) is 10.9. The molecule has 0 bridgehead atoms. The number of carbonyl (C=O) groups excluding carboxylic acids is 3. The number of rotatable bonds is 17. The largest absolute Gasteiger partial charge is 0.480 e. The molecule has 3 rings (SSSR count). The molecule has 2 heterocycles. The fourth-order valence-corrected chi connectivity index (χ4v) is 4.73. The van der Waals surface area contributed by atoms with Gasteiger partial charge < -0.3 is 42.5 Å². The SMILES string of the molecule is CC(C)CC(NC(=O)C(Cc1cnc[nH]1)NC(=O)C(N)Cc1c[nH]c2ccccc12)C(=O)NC(CCCCN)C(=O)O. The fraction of sp³-hybridized carbons (Fsp3) is 0.483. The number of carboxylic acids is 1. The predicted octanol–water partition coefficient (Wildman–Crippen LogP) is 0.718. The number of nitrogens with two attached hydrogens (primary N) is 2. The van der Waals surface area contributed by atoms with Crippen LogP contribution in [-0.4, -0.2) is 74.5 Å². The molecular weight excluding hydrogens is 540 g/mol. The van der Waals surface area contributed by atoms with Gasteiger partial charge in [-0.1, -0.05) is 32.0 Å². The highest BCUT2D eigenvalue weighted by atomic mass is 16.4. The van der Waals surface area contributed by atoms with E-state index in [1.165, 1.54) is 12.5 Å². The Labute approximate surface area is 244 Å². The smallest absolute Gasteiger partial charge is 0.326 e. The van der Waals surface area contributed by atoms with E-state index in [0.717, 1.165) is 16.5 Å². The molecule has 0 aliphatic heterocycles. The molecule has 0 saturated heterocycles. The van der Waals surface area contributed by atoms with E-state index in [4.69, 9.17) is 11.5 Å². The van der Waals surface area contributed by atoms with Crippen molar-refractivity contribution in [2.45, 2.75) is 76.5 Å². The Morgan fingerprint density at radius 2 is 1.62 bits per heavy atom. The number of aromatic amines is 2. The number of carbonyl (C=O) groups is 4. The van der Waals surface area contributed by atoms with Gasteiger partial charge in [-0.15, -0.1) is 0 Å². The van der Waals surface area contributed by atoms with E-state index in [1.807, 2.05) is 44.3 Å². The summed E-state index contributed by atoms with van der Waals surface area (Å²) in [7, 11) is 0. The molecule has 0 fully saturated rings. The average molecular weight is 583 g/mol. The molecule has 10 N–H and O–H groups in total. The van der Waals surface area contributed by atoms with Crippen molar-refractivity contribution in [2.24, 2.45) is 17.4 Å². The number of aromatic nitrogens is 3. The van der Waals surface area contributed by atoms with Gasteiger partial charge in [0.15, 0.2) is 0 Å². The second kappa shape index (κ2) is 15.7. The lowest BCUT2D eigenvalue weighted by molar-refractivity contribution is -0.142. The van der Waals surface area contributed by atoms with Gasteiger partial charge >= 0.3 is 5.97 Å². The molecule has 0 aliphatic rings. The Hall–Kier alpha value is -4.23. The predicted molar refractivity (Wildman–Crippen MR) is 158 cm³/mol. The van der Waals surface area contributed by atoms with Gasteiger partial charge in [0.2, 0.25) is 17.7 Å². The molecule has 13 nitrogen and oxygen atoms in total. The molecule has 1 aromatic carbocycles. The van der Waals surface area contributed by atoms with Crippen LogP contribution >= 0.6 is 0 Å². The zero-order chi connectivity index (χ0) is 30.6. The number of nitrogens with one attached hydrogen (secondary N) is 5. The molecule has 42 heavy (non-hydrogen) atoms. The molecule has 0 radical (unpaired) electrons. The average Bonchev–Trinajstić information content (AvgIpc) is 3.61. The third kappa shape index (κ3) is 9.42. The van der Waals surface area contributed by atoms with Crippen LogP contribution in [0.3, 0.4) is 0 Å². The molecule has 2 aromatic heterocycles. The minimum atomic E-state index is -1.16. The molecule has 3 amide bonds. The third-order valence-electron chi connectivity index (χ3n) is 6.96. The lowest BCUT2D eigenvalue weighted by Gasteiger charge is -2.26. The van der Waals surface area contributed by atoms with E-state index in [9.17, 15) is 24.3 Å². The number of para-hydroxylation sites is 1. The van der Waals surface area contributed by atoms with Crippen LogP contribution in [-0.2, 0) is 32.0 Å². The molecular formula is C29H42N8O5. The first-order valence-corrected chi connectivity index (χ1v) is 14.2. The van der Waals surface area contributed by atoms with Crippen molar-refractivity contribution in [3.63, 3.8) is 0 Å². The van der Waals surface area contributed by atoms with Crippen LogP contribution in [0.4, 0.5) is 0 Å². The van der Waals surface area contributed by atoms with Crippen LogP contribution in [0.2, 0.25) is 0 Å². The summed E-state index contributed by atoms with van der Waals surface area (Å²) in [5.74, 6) is -2.90. The first kappa shape index (κ1) is 32.3. The number of benzene rings is 1. The highest BCUT2D eigenvalue weighted by Crippen LogP contribution is 2.19. The summed E-state index contributed by atoms with van der Waals surface area (Å²) < 4.78 is 0. The molecule has 3 aromatic rings. The number of carboxylic acid groups (broad SMARTS) is 1. The van der Waals surface area contributed by atoms with Gasteiger partial charge in [0, 0.05) is 35.4 Å². The molecule has 0 saturated carbocycles. The summed E-state index contributed by atoms with van der Waals surface area (Å²) in [6.07, 6.45) is 6.76. The Morgan fingerprint density at radius 3 is 2.29 bits per heavy atom. The zero-order valence-corrected chi connectivity index (χ0v) is 24.1. The van der Waals surface area contributed by atoms with Crippen molar-refractivity contribution in [1.82, 2.24) is 30.9 Å². The summed E-state index contributed by atoms with van der Waals surface area (Å²) in [5, 5.41) is 18.6. The van der Waals surface area contributed by atoms with Crippen LogP contribution in [0, 0.1) is 5.92 Å². The number of amides is 3. The maximum atomic E-state index is 13.5. The lowest BCUT2D eigenvalue weighted by atomic mass is 10.0. The Morgan fingerprint density at radius 1 is 0.929 bits per heavy atom. The Bertz CT molecular complexity index is 1320. The summed E-state index contributed by atoms with van der Waals surface area (Å²) in [6, 6.07) is 3.53. The third-order valence-corrected chi connectivity index (χ3v) is 6.96. The molecule has 0 aliphatic carbocycles. The number of fused-ring (bicyclic) bond motifs is 1. The van der Waals surface area contributed by atoms with Crippen LogP contribution in [0.5, 0.6) is 0 Å². The van der Waals surface area contributed by atoms with Crippen LogP contribution in [0.15, 0.2) is 43.0 Å². The van der Waals surface area contributed by atoms with Gasteiger partial charge in [-0.2, -0.15) is 0 Å². The van der Waals surface area contributed by atoms with E-state index >= 15 is 0 Å². The van der Waals surface area contributed by atoms with Crippen molar-refractivity contribution in [3.8, 4) is 0 Å². The number of imidazole rings is 1. The van der Waals surface area contributed by atoms with Crippen LogP contribution < -0.4 is 27.4 Å². The second-order valence-electron chi connectivity index (χ2n) is 10.9. The standard InChI is InChI=1S/C29H42N8O5/c1-17(2)11-24(27(39)35-23(29(41)42)9-5-6-10-30)37-28(40)25(13-19-15-32-16-34-19)36-26(38)21(31)12-18-14-33-22-8-4-3-7-20(18)22/h3-4,7-8,14-17,21,23-25,33H,5-6,9-13,30-31H2,1-2H3,(H,32,34)(H,35,39)(H,36,38)(H,37,40)(H,41,42). The van der Waals surface area contributed by atoms with E-state index in [-0.39, 0.29) is 31.6 Å². The Balaban J connectivity index is 1.72. The number of unbranched alkanes of at least 4 members (excludes halogenated alkanes) is 1. The Kier molecular flexibility index (Phi) is 12.1. The molecule has 4 atom stereocenters. The topological polar surface area (TPSA) is 221 Å². The van der Waals surface area contributed by atoms with E-state index in [2.05, 4.69) is 30.9 Å². The normalized spacial score (nSPS) is 14.2. The number of H-pyrrole nitrogens is 2. The van der Waals surface area contributed by atoms with Gasteiger partial charge in [-0.25, -0.2) is 9.78 Å². The van der Waals surface area contributed by atoms with E-state index in [1.54, 1.807) is 0 Å². The van der Waals surface area contributed by atoms with Gasteiger partial charge in [0.25, 0.3) is 0 Å². The summed E-state index contributed by atoms with van der Waals surface area (Å²) in [6.45, 7) is 4.19.